The predicted molar refractivity (Wildman–Crippen MR) is 100.0 cm³/mol. The smallest absolute Gasteiger partial charge is 0.305 e. The quantitative estimate of drug-likeness (QED) is 0.307. The van der Waals surface area contributed by atoms with Gasteiger partial charge in [0.1, 0.15) is 0 Å². The largest absolute Gasteiger partial charge is 0.422 e. The Morgan fingerprint density at radius 1 is 1.14 bits per heavy atom. The van der Waals surface area contributed by atoms with Gasteiger partial charge in [0.2, 0.25) is 11.8 Å². The van der Waals surface area contributed by atoms with Crippen LogP contribution < -0.4 is 4.90 Å². The third-order valence-corrected chi connectivity index (χ3v) is 5.68. The highest BCUT2D eigenvalue weighted by atomic mass is 35.5. The molecular formula is C19H15Cl2NO7. The van der Waals surface area contributed by atoms with Crippen LogP contribution in [-0.2, 0) is 33.4 Å². The van der Waals surface area contributed by atoms with Gasteiger partial charge in [0, 0.05) is 18.9 Å². The van der Waals surface area contributed by atoms with Crippen molar-refractivity contribution in [3.8, 4) is 0 Å². The molecular weight excluding hydrogens is 425 g/mol. The number of carbonyl (C=O) groups is 4. The fourth-order valence-corrected chi connectivity index (χ4v) is 4.61. The zero-order valence-electron chi connectivity index (χ0n) is 15.3. The van der Waals surface area contributed by atoms with Crippen LogP contribution >= 0.6 is 23.2 Å². The maximum Gasteiger partial charge on any atom is 0.305 e. The molecule has 0 aliphatic carbocycles. The highest BCUT2D eigenvalue weighted by Gasteiger charge is 2.72. The van der Waals surface area contributed by atoms with Crippen molar-refractivity contribution in [2.75, 3.05) is 4.90 Å². The number of benzene rings is 1. The average molecular weight is 440 g/mol. The number of amides is 2. The van der Waals surface area contributed by atoms with Gasteiger partial charge in [-0.3, -0.25) is 19.2 Å². The summed E-state index contributed by atoms with van der Waals surface area (Å²) < 4.78 is 16.2. The van der Waals surface area contributed by atoms with E-state index in [1.807, 2.05) is 0 Å². The highest BCUT2D eigenvalue weighted by Crippen LogP contribution is 2.55. The zero-order chi connectivity index (χ0) is 21.1. The molecule has 3 aliphatic rings. The van der Waals surface area contributed by atoms with Gasteiger partial charge in [-0.2, -0.15) is 0 Å². The molecule has 2 bridgehead atoms. The van der Waals surface area contributed by atoms with Gasteiger partial charge in [-0.1, -0.05) is 29.3 Å². The third kappa shape index (κ3) is 2.94. The lowest BCUT2D eigenvalue weighted by atomic mass is 9.76. The first kappa shape index (κ1) is 19.9. The van der Waals surface area contributed by atoms with E-state index in [4.69, 9.17) is 37.4 Å². The Morgan fingerprint density at radius 2 is 1.79 bits per heavy atom. The van der Waals surface area contributed by atoms with Crippen LogP contribution in [0.1, 0.15) is 13.8 Å². The van der Waals surface area contributed by atoms with Gasteiger partial charge >= 0.3 is 11.9 Å². The molecule has 0 saturated carbocycles. The van der Waals surface area contributed by atoms with Crippen molar-refractivity contribution in [1.82, 2.24) is 0 Å². The third-order valence-electron chi connectivity index (χ3n) is 5.14. The molecule has 3 aliphatic heterocycles. The van der Waals surface area contributed by atoms with E-state index in [0.29, 0.717) is 5.02 Å². The number of hydrogen-bond acceptors (Lipinski definition) is 7. The van der Waals surface area contributed by atoms with Crippen molar-refractivity contribution in [2.45, 2.75) is 31.8 Å². The maximum absolute atomic E-state index is 13.3. The number of ether oxygens (including phenoxy) is 3. The second-order valence-corrected chi connectivity index (χ2v) is 7.80. The molecule has 29 heavy (non-hydrogen) atoms. The average Bonchev–Trinajstić information content (AvgIpc) is 3.26. The summed E-state index contributed by atoms with van der Waals surface area (Å²) >= 11 is 12.1. The van der Waals surface area contributed by atoms with E-state index in [1.165, 1.54) is 24.3 Å². The first-order chi connectivity index (χ1) is 13.7. The number of hydrogen-bond donors (Lipinski definition) is 0. The van der Waals surface area contributed by atoms with Gasteiger partial charge in [-0.15, -0.1) is 0 Å². The minimum Gasteiger partial charge on any atom is -0.422 e. The van der Waals surface area contributed by atoms with Gasteiger partial charge in [-0.25, -0.2) is 4.90 Å². The summed E-state index contributed by atoms with van der Waals surface area (Å²) in [6, 6.07) is 4.41. The summed E-state index contributed by atoms with van der Waals surface area (Å²) in [7, 11) is 0. The van der Waals surface area contributed by atoms with Crippen LogP contribution in [0.3, 0.4) is 0 Å². The Labute approximate surface area is 175 Å². The van der Waals surface area contributed by atoms with Crippen LogP contribution in [0.2, 0.25) is 10.0 Å². The number of carbonyl (C=O) groups excluding carboxylic acids is 4. The van der Waals surface area contributed by atoms with Crippen LogP contribution in [0, 0.1) is 11.8 Å². The van der Waals surface area contributed by atoms with E-state index in [1.54, 1.807) is 6.08 Å². The van der Waals surface area contributed by atoms with E-state index in [-0.39, 0.29) is 10.7 Å². The van der Waals surface area contributed by atoms with Crippen LogP contribution in [0.15, 0.2) is 30.4 Å². The Morgan fingerprint density at radius 3 is 2.38 bits per heavy atom. The number of halogens is 2. The number of esters is 2. The molecule has 1 aromatic carbocycles. The normalized spacial score (nSPS) is 29.6. The van der Waals surface area contributed by atoms with E-state index >= 15 is 0 Å². The van der Waals surface area contributed by atoms with Crippen molar-refractivity contribution in [3.05, 3.63) is 40.4 Å². The monoisotopic (exact) mass is 439 g/mol. The molecule has 0 aromatic heterocycles. The van der Waals surface area contributed by atoms with Gasteiger partial charge in [-0.05, 0) is 24.3 Å². The van der Waals surface area contributed by atoms with Crippen molar-refractivity contribution in [1.29, 1.82) is 0 Å². The van der Waals surface area contributed by atoms with E-state index in [2.05, 4.69) is 0 Å². The summed E-state index contributed by atoms with van der Waals surface area (Å²) in [5, 5.41) is 0.482. The molecule has 4 rings (SSSR count). The van der Waals surface area contributed by atoms with E-state index < -0.39 is 53.6 Å². The Hall–Kier alpha value is -2.42. The van der Waals surface area contributed by atoms with Crippen LogP contribution in [0.25, 0.3) is 0 Å². The number of fused-ring (bicyclic) bond motifs is 5. The van der Waals surface area contributed by atoms with E-state index in [9.17, 15) is 19.2 Å². The number of rotatable bonds is 4. The van der Waals surface area contributed by atoms with E-state index in [0.717, 1.165) is 18.7 Å². The van der Waals surface area contributed by atoms with Crippen molar-refractivity contribution in [2.24, 2.45) is 11.8 Å². The molecule has 10 heteroatoms. The minimum absolute atomic E-state index is 0.131. The molecule has 3 heterocycles. The van der Waals surface area contributed by atoms with Crippen LogP contribution in [0.4, 0.5) is 5.69 Å². The standard InChI is InChI=1S/C19H15Cl2NO7/c1-8(23)27-18(28-9(2)24)19-6-5-13(29-19)14-15(19)17(26)22(16(14)25)12-4-3-10(20)7-11(12)21/h3-7,13-15,18H,1-2H3/t13-,14+,15+,19-/m0/s1. The van der Waals surface area contributed by atoms with Crippen molar-refractivity contribution in [3.63, 3.8) is 0 Å². The second kappa shape index (κ2) is 6.83. The molecule has 0 spiro atoms. The highest BCUT2D eigenvalue weighted by molar-refractivity contribution is 6.38. The molecule has 2 amide bonds. The number of anilines is 1. The summed E-state index contributed by atoms with van der Waals surface area (Å²) in [6.45, 7) is 2.27. The minimum atomic E-state index is -1.60. The fraction of sp³-hybridized carbons (Fsp3) is 0.368. The van der Waals surface area contributed by atoms with Crippen LogP contribution in [0.5, 0.6) is 0 Å². The summed E-state index contributed by atoms with van der Waals surface area (Å²) in [4.78, 5) is 50.6. The Balaban J connectivity index is 1.76. The first-order valence-corrected chi connectivity index (χ1v) is 9.46. The number of imide groups is 1. The van der Waals surface area contributed by atoms with Crippen LogP contribution in [-0.4, -0.2) is 41.7 Å². The fourth-order valence-electron chi connectivity index (χ4n) is 4.12. The Bertz CT molecular complexity index is 961. The number of nitrogens with zero attached hydrogens (tertiary/aromatic N) is 1. The summed E-state index contributed by atoms with van der Waals surface area (Å²) in [6.07, 6.45) is 0.847. The molecule has 8 nitrogen and oxygen atoms in total. The lowest BCUT2D eigenvalue weighted by Gasteiger charge is -2.34. The molecule has 2 saturated heterocycles. The van der Waals surface area contributed by atoms with Gasteiger partial charge in [0.25, 0.3) is 6.29 Å². The predicted octanol–water partition coefficient (Wildman–Crippen LogP) is 2.26. The molecule has 0 N–H and O–H groups in total. The lowest BCUT2D eigenvalue weighted by molar-refractivity contribution is -0.226. The lowest BCUT2D eigenvalue weighted by Crippen LogP contribution is -2.52. The van der Waals surface area contributed by atoms with Crippen molar-refractivity contribution < 1.29 is 33.4 Å². The van der Waals surface area contributed by atoms with Crippen molar-refractivity contribution >= 4 is 52.6 Å². The van der Waals surface area contributed by atoms with Gasteiger partial charge in [0.15, 0.2) is 5.60 Å². The molecule has 4 atom stereocenters. The second-order valence-electron chi connectivity index (χ2n) is 6.96. The summed E-state index contributed by atoms with van der Waals surface area (Å²) in [5.41, 5.74) is -1.42. The molecule has 1 aromatic rings. The SMILES string of the molecule is CC(=O)OC(OC(C)=O)[C@@]12C=C[C@H](O1)[C@H]1C(=O)N(c3ccc(Cl)cc3Cl)C(=O)[C@@H]12. The summed E-state index contributed by atoms with van der Waals surface area (Å²) in [5.74, 6) is -4.49. The van der Waals surface area contributed by atoms with Gasteiger partial charge in [0.05, 0.1) is 28.6 Å². The molecule has 2 fully saturated rings. The topological polar surface area (TPSA) is 99.2 Å². The zero-order valence-corrected chi connectivity index (χ0v) is 16.8. The van der Waals surface area contributed by atoms with Gasteiger partial charge < -0.3 is 14.2 Å². The first-order valence-electron chi connectivity index (χ1n) is 8.70. The maximum atomic E-state index is 13.3. The molecule has 152 valence electrons. The molecule has 0 unspecified atom stereocenters. The Kier molecular flexibility index (Phi) is 4.68. The molecule has 0 radical (unpaired) electrons.